The highest BCUT2D eigenvalue weighted by Crippen LogP contribution is 2.18. The quantitative estimate of drug-likeness (QED) is 0.878. The fourth-order valence-corrected chi connectivity index (χ4v) is 1.92. The predicted octanol–water partition coefficient (Wildman–Crippen LogP) is 1.16. The van der Waals surface area contributed by atoms with Crippen LogP contribution in [-0.4, -0.2) is 29.1 Å². The second-order valence-corrected chi connectivity index (χ2v) is 4.18. The number of hydrogen-bond acceptors (Lipinski definition) is 7. The van der Waals surface area contributed by atoms with Crippen molar-refractivity contribution >= 4 is 23.1 Å². The number of anilines is 2. The molecule has 0 saturated heterocycles. The minimum Gasteiger partial charge on any atom is -0.481 e. The van der Waals surface area contributed by atoms with Gasteiger partial charge in [-0.3, -0.25) is 0 Å². The van der Waals surface area contributed by atoms with Gasteiger partial charge in [-0.2, -0.15) is 9.97 Å². The fourth-order valence-electron chi connectivity index (χ4n) is 1.37. The first-order valence-corrected chi connectivity index (χ1v) is 5.90. The summed E-state index contributed by atoms with van der Waals surface area (Å²) in [4.78, 5) is 14.2. The van der Waals surface area contributed by atoms with Gasteiger partial charge in [-0.25, -0.2) is 4.98 Å². The minimum atomic E-state index is 0.199. The summed E-state index contributed by atoms with van der Waals surface area (Å²) in [5, 5.41) is 2.00. The summed E-state index contributed by atoms with van der Waals surface area (Å²) in [6, 6.07) is 1.74. The van der Waals surface area contributed by atoms with Gasteiger partial charge in [-0.15, -0.1) is 11.3 Å². The zero-order valence-electron chi connectivity index (χ0n) is 9.62. The van der Waals surface area contributed by atoms with Crippen molar-refractivity contribution in [2.24, 2.45) is 0 Å². The van der Waals surface area contributed by atoms with E-state index in [0.29, 0.717) is 18.2 Å². The van der Waals surface area contributed by atoms with Crippen molar-refractivity contribution < 1.29 is 4.74 Å². The lowest BCUT2D eigenvalue weighted by Crippen LogP contribution is -2.18. The first kappa shape index (κ1) is 11.6. The SMILES string of the molecule is COc1cc(N(C)Cc2cscn2)nc(N)n1. The minimum absolute atomic E-state index is 0.199. The molecule has 0 spiro atoms. The third kappa shape index (κ3) is 2.82. The highest BCUT2D eigenvalue weighted by Gasteiger charge is 2.08. The largest absolute Gasteiger partial charge is 0.481 e. The molecule has 0 fully saturated rings. The first-order valence-electron chi connectivity index (χ1n) is 4.96. The summed E-state index contributed by atoms with van der Waals surface area (Å²) >= 11 is 1.57. The molecule has 0 bridgehead atoms. The number of hydrogen-bond donors (Lipinski definition) is 1. The van der Waals surface area contributed by atoms with E-state index in [-0.39, 0.29) is 5.95 Å². The van der Waals surface area contributed by atoms with Gasteiger partial charge in [-0.05, 0) is 0 Å². The smallest absolute Gasteiger partial charge is 0.225 e. The number of nitrogen functional groups attached to an aromatic ring is 1. The normalized spacial score (nSPS) is 10.2. The summed E-state index contributed by atoms with van der Waals surface area (Å²) in [6.45, 7) is 0.670. The van der Waals surface area contributed by atoms with E-state index in [4.69, 9.17) is 10.5 Å². The molecular formula is C10H13N5OS. The van der Waals surface area contributed by atoms with E-state index in [2.05, 4.69) is 15.0 Å². The third-order valence-electron chi connectivity index (χ3n) is 2.19. The number of ether oxygens (including phenoxy) is 1. The van der Waals surface area contributed by atoms with Gasteiger partial charge in [0.2, 0.25) is 11.8 Å². The van der Waals surface area contributed by atoms with Crippen LogP contribution in [0.15, 0.2) is 17.0 Å². The maximum absolute atomic E-state index is 5.60. The van der Waals surface area contributed by atoms with Crippen molar-refractivity contribution in [2.45, 2.75) is 6.54 Å². The molecule has 7 heteroatoms. The number of aromatic nitrogens is 3. The molecule has 17 heavy (non-hydrogen) atoms. The Morgan fingerprint density at radius 1 is 1.47 bits per heavy atom. The summed E-state index contributed by atoms with van der Waals surface area (Å²) in [5.41, 5.74) is 8.40. The lowest BCUT2D eigenvalue weighted by atomic mass is 10.4. The van der Waals surface area contributed by atoms with Gasteiger partial charge >= 0.3 is 0 Å². The maximum Gasteiger partial charge on any atom is 0.225 e. The van der Waals surface area contributed by atoms with Crippen LogP contribution < -0.4 is 15.4 Å². The van der Waals surface area contributed by atoms with Crippen molar-refractivity contribution in [3.63, 3.8) is 0 Å². The van der Waals surface area contributed by atoms with Gasteiger partial charge < -0.3 is 15.4 Å². The third-order valence-corrected chi connectivity index (χ3v) is 2.82. The van der Waals surface area contributed by atoms with Gasteiger partial charge in [-0.1, -0.05) is 0 Å². The Morgan fingerprint density at radius 2 is 2.29 bits per heavy atom. The zero-order valence-corrected chi connectivity index (χ0v) is 10.4. The average molecular weight is 251 g/mol. The van der Waals surface area contributed by atoms with Gasteiger partial charge in [0, 0.05) is 18.5 Å². The van der Waals surface area contributed by atoms with Crippen LogP contribution in [0, 0.1) is 0 Å². The van der Waals surface area contributed by atoms with E-state index in [1.54, 1.807) is 30.0 Å². The van der Waals surface area contributed by atoms with Gasteiger partial charge in [0.1, 0.15) is 5.82 Å². The Balaban J connectivity index is 2.18. The van der Waals surface area contributed by atoms with E-state index >= 15 is 0 Å². The Bertz CT molecular complexity index is 487. The highest BCUT2D eigenvalue weighted by molar-refractivity contribution is 7.07. The van der Waals surface area contributed by atoms with Crippen LogP contribution in [0.3, 0.4) is 0 Å². The average Bonchev–Trinajstić information content (AvgIpc) is 2.81. The van der Waals surface area contributed by atoms with Crippen molar-refractivity contribution in [1.82, 2.24) is 15.0 Å². The Morgan fingerprint density at radius 3 is 2.94 bits per heavy atom. The summed E-state index contributed by atoms with van der Waals surface area (Å²) in [5.74, 6) is 1.37. The van der Waals surface area contributed by atoms with Gasteiger partial charge in [0.05, 0.1) is 24.9 Å². The zero-order chi connectivity index (χ0) is 12.3. The van der Waals surface area contributed by atoms with Gasteiger partial charge in [0.25, 0.3) is 0 Å². The van der Waals surface area contributed by atoms with Crippen LogP contribution in [0.4, 0.5) is 11.8 Å². The van der Waals surface area contributed by atoms with Crippen LogP contribution in [0.5, 0.6) is 5.88 Å². The number of rotatable bonds is 4. The molecule has 0 unspecified atom stereocenters. The van der Waals surface area contributed by atoms with Crippen molar-refractivity contribution in [3.05, 3.63) is 22.7 Å². The van der Waals surface area contributed by atoms with E-state index in [0.717, 1.165) is 5.69 Å². The lowest BCUT2D eigenvalue weighted by molar-refractivity contribution is 0.397. The molecule has 6 nitrogen and oxygen atoms in total. The highest BCUT2D eigenvalue weighted by atomic mass is 32.1. The molecule has 90 valence electrons. The maximum atomic E-state index is 5.60. The fraction of sp³-hybridized carbons (Fsp3) is 0.300. The topological polar surface area (TPSA) is 77.2 Å². The molecule has 2 N–H and O–H groups in total. The molecule has 2 heterocycles. The molecule has 0 atom stereocenters. The monoisotopic (exact) mass is 251 g/mol. The van der Waals surface area contributed by atoms with Crippen molar-refractivity contribution in [1.29, 1.82) is 0 Å². The van der Waals surface area contributed by atoms with Crippen LogP contribution >= 0.6 is 11.3 Å². The predicted molar refractivity (Wildman–Crippen MR) is 67.2 cm³/mol. The molecule has 0 radical (unpaired) electrons. The number of nitrogens with two attached hydrogens (primary N) is 1. The van der Waals surface area contributed by atoms with Crippen LogP contribution in [0.25, 0.3) is 0 Å². The second kappa shape index (κ2) is 4.96. The molecular weight excluding hydrogens is 238 g/mol. The molecule has 0 saturated carbocycles. The molecule has 0 aliphatic carbocycles. The Kier molecular flexibility index (Phi) is 3.38. The molecule has 0 aromatic carbocycles. The van der Waals surface area contributed by atoms with E-state index < -0.39 is 0 Å². The molecule has 2 rings (SSSR count). The Hall–Kier alpha value is -1.89. The Labute approximate surface area is 103 Å². The number of methoxy groups -OCH3 is 1. The standard InChI is InChI=1S/C10H13N5OS/c1-15(4-7-5-17-6-12-7)8-3-9(16-2)14-10(11)13-8/h3,5-6H,4H2,1-2H3,(H2,11,13,14). The van der Waals surface area contributed by atoms with E-state index in [1.165, 1.54) is 0 Å². The number of nitrogens with zero attached hydrogens (tertiary/aromatic N) is 4. The van der Waals surface area contributed by atoms with Crippen molar-refractivity contribution in [3.8, 4) is 5.88 Å². The molecule has 0 aliphatic heterocycles. The van der Waals surface area contributed by atoms with Gasteiger partial charge in [0.15, 0.2) is 0 Å². The van der Waals surface area contributed by atoms with Crippen molar-refractivity contribution in [2.75, 3.05) is 24.8 Å². The van der Waals surface area contributed by atoms with Crippen LogP contribution in [0.2, 0.25) is 0 Å². The summed E-state index contributed by atoms with van der Waals surface area (Å²) < 4.78 is 5.05. The van der Waals surface area contributed by atoms with Crippen LogP contribution in [-0.2, 0) is 6.54 Å². The summed E-state index contributed by atoms with van der Waals surface area (Å²) in [6.07, 6.45) is 0. The molecule has 2 aromatic rings. The van der Waals surface area contributed by atoms with E-state index in [9.17, 15) is 0 Å². The van der Waals surface area contributed by atoms with E-state index in [1.807, 2.05) is 17.3 Å². The first-order chi connectivity index (χ1) is 8.19. The molecule has 0 aliphatic rings. The van der Waals surface area contributed by atoms with Crippen LogP contribution in [0.1, 0.15) is 5.69 Å². The second-order valence-electron chi connectivity index (χ2n) is 3.46. The summed E-state index contributed by atoms with van der Waals surface area (Å²) in [7, 11) is 3.46. The molecule has 0 amide bonds. The lowest BCUT2D eigenvalue weighted by Gasteiger charge is -2.17. The molecule has 2 aromatic heterocycles. The number of thiazole rings is 1.